The lowest BCUT2D eigenvalue weighted by molar-refractivity contribution is -0.144. The van der Waals surface area contributed by atoms with Gasteiger partial charge in [0.2, 0.25) is 0 Å². The van der Waals surface area contributed by atoms with Crippen LogP contribution < -0.4 is 0 Å². The van der Waals surface area contributed by atoms with Crippen molar-refractivity contribution in [2.75, 3.05) is 0 Å². The number of alkyl halides is 6. The summed E-state index contributed by atoms with van der Waals surface area (Å²) in [5.41, 5.74) is -3.69. The molecule has 0 bridgehead atoms. The summed E-state index contributed by atoms with van der Waals surface area (Å²) in [5, 5.41) is 0. The lowest BCUT2D eigenvalue weighted by atomic mass is 10.0. The fourth-order valence-electron chi connectivity index (χ4n) is 1.24. The van der Waals surface area contributed by atoms with Gasteiger partial charge in [-0.05, 0) is 35.0 Å². The van der Waals surface area contributed by atoms with E-state index in [1.807, 2.05) is 0 Å². The van der Waals surface area contributed by atoms with Gasteiger partial charge in [-0.3, -0.25) is 4.79 Å². The topological polar surface area (TPSA) is 17.1 Å². The van der Waals surface area contributed by atoms with E-state index in [9.17, 15) is 31.1 Å². The Bertz CT molecular complexity index is 453. The second-order valence-corrected chi connectivity index (χ2v) is 4.23. The van der Waals surface area contributed by atoms with Gasteiger partial charge in [-0.1, -0.05) is 0 Å². The highest BCUT2D eigenvalue weighted by atomic mass is 79.9. The summed E-state index contributed by atoms with van der Waals surface area (Å²) in [4.78, 5) is 11.0. The third-order valence-electron chi connectivity index (χ3n) is 2.09. The molecule has 0 aliphatic rings. The average molecular weight is 335 g/mol. The minimum atomic E-state index is -4.98. The molecule has 0 heterocycles. The fourth-order valence-corrected chi connectivity index (χ4v) is 1.92. The molecule has 0 aromatic heterocycles. The van der Waals surface area contributed by atoms with Gasteiger partial charge < -0.3 is 0 Å². The summed E-state index contributed by atoms with van der Waals surface area (Å²) < 4.78 is 74.2. The smallest absolute Gasteiger partial charge is 0.295 e. The molecule has 100 valence electrons. The van der Waals surface area contributed by atoms with E-state index in [2.05, 4.69) is 15.9 Å². The van der Waals surface area contributed by atoms with Crippen LogP contribution in [0.2, 0.25) is 0 Å². The summed E-state index contributed by atoms with van der Waals surface area (Å²) in [5.74, 6) is -0.876. The van der Waals surface area contributed by atoms with E-state index in [0.29, 0.717) is 12.1 Å². The molecule has 1 aromatic carbocycles. The quantitative estimate of drug-likeness (QED) is 0.538. The number of carbonyl (C=O) groups excluding carboxylic acids is 1. The largest absolute Gasteiger partial charge is 0.417 e. The number of Topliss-reactive ketones (excluding diaryl/α,β-unsaturated/α-hetero) is 1. The second-order valence-electron chi connectivity index (χ2n) is 3.44. The van der Waals surface area contributed by atoms with Crippen molar-refractivity contribution in [2.24, 2.45) is 0 Å². The average Bonchev–Trinajstić information content (AvgIpc) is 2.13. The molecule has 0 aliphatic heterocycles. The van der Waals surface area contributed by atoms with Crippen LogP contribution in [-0.4, -0.2) is 5.78 Å². The first-order valence-corrected chi connectivity index (χ1v) is 5.22. The Morgan fingerprint density at radius 2 is 1.33 bits per heavy atom. The minimum absolute atomic E-state index is 0.391. The van der Waals surface area contributed by atoms with Crippen molar-refractivity contribution >= 4 is 21.7 Å². The van der Waals surface area contributed by atoms with E-state index in [4.69, 9.17) is 0 Å². The van der Waals surface area contributed by atoms with Crippen molar-refractivity contribution in [3.05, 3.63) is 33.3 Å². The number of carbonyl (C=O) groups is 1. The normalized spacial score (nSPS) is 12.7. The number of benzene rings is 1. The first-order valence-electron chi connectivity index (χ1n) is 4.43. The molecule has 0 amide bonds. The molecular weight excluding hydrogens is 330 g/mol. The SMILES string of the molecule is CC(=O)c1cc(C(F)(F)F)c(Br)c(C(F)(F)F)c1. The highest BCUT2D eigenvalue weighted by Gasteiger charge is 2.41. The van der Waals surface area contributed by atoms with Crippen molar-refractivity contribution in [1.82, 2.24) is 0 Å². The van der Waals surface area contributed by atoms with Crippen LogP contribution in [0, 0.1) is 0 Å². The van der Waals surface area contributed by atoms with Crippen LogP contribution in [-0.2, 0) is 12.4 Å². The summed E-state index contributed by atoms with van der Waals surface area (Å²) in [7, 11) is 0. The summed E-state index contributed by atoms with van der Waals surface area (Å²) in [6.07, 6.45) is -9.96. The Labute approximate surface area is 106 Å². The third-order valence-corrected chi connectivity index (χ3v) is 2.94. The highest BCUT2D eigenvalue weighted by Crippen LogP contribution is 2.43. The molecule has 0 aliphatic carbocycles. The van der Waals surface area contributed by atoms with E-state index in [-0.39, 0.29) is 0 Å². The molecular formula is C10H5BrF6O. The van der Waals surface area contributed by atoms with Crippen molar-refractivity contribution in [1.29, 1.82) is 0 Å². The Morgan fingerprint density at radius 1 is 1.00 bits per heavy atom. The fraction of sp³-hybridized carbons (Fsp3) is 0.300. The van der Waals surface area contributed by atoms with E-state index >= 15 is 0 Å². The van der Waals surface area contributed by atoms with Gasteiger partial charge in [-0.15, -0.1) is 0 Å². The van der Waals surface area contributed by atoms with Crippen LogP contribution in [0.25, 0.3) is 0 Å². The van der Waals surface area contributed by atoms with Gasteiger partial charge >= 0.3 is 12.4 Å². The monoisotopic (exact) mass is 334 g/mol. The van der Waals surface area contributed by atoms with Crippen LogP contribution >= 0.6 is 15.9 Å². The molecule has 8 heteroatoms. The number of hydrogen-bond donors (Lipinski definition) is 0. The number of hydrogen-bond acceptors (Lipinski definition) is 1. The van der Waals surface area contributed by atoms with Crippen molar-refractivity contribution in [3.8, 4) is 0 Å². The van der Waals surface area contributed by atoms with Crippen LogP contribution in [0.15, 0.2) is 16.6 Å². The molecule has 18 heavy (non-hydrogen) atoms. The molecule has 0 radical (unpaired) electrons. The minimum Gasteiger partial charge on any atom is -0.295 e. The molecule has 0 spiro atoms. The lowest BCUT2D eigenvalue weighted by Gasteiger charge is -2.16. The lowest BCUT2D eigenvalue weighted by Crippen LogP contribution is -2.14. The van der Waals surface area contributed by atoms with Crippen molar-refractivity contribution in [2.45, 2.75) is 19.3 Å². The number of ketones is 1. The Hall–Kier alpha value is -1.05. The Kier molecular flexibility index (Phi) is 3.81. The van der Waals surface area contributed by atoms with Crippen LogP contribution in [0.5, 0.6) is 0 Å². The van der Waals surface area contributed by atoms with Gasteiger partial charge in [0.05, 0.1) is 11.1 Å². The van der Waals surface area contributed by atoms with E-state index in [1.54, 1.807) is 0 Å². The van der Waals surface area contributed by atoms with Crippen LogP contribution in [0.4, 0.5) is 26.3 Å². The third kappa shape index (κ3) is 3.04. The molecule has 0 unspecified atom stereocenters. The second kappa shape index (κ2) is 4.56. The predicted octanol–water partition coefficient (Wildman–Crippen LogP) is 4.69. The van der Waals surface area contributed by atoms with Crippen LogP contribution in [0.1, 0.15) is 28.4 Å². The molecule has 0 fully saturated rings. The predicted molar refractivity (Wildman–Crippen MR) is 54.2 cm³/mol. The highest BCUT2D eigenvalue weighted by molar-refractivity contribution is 9.10. The molecule has 1 aromatic rings. The maximum atomic E-state index is 12.6. The molecule has 1 nitrogen and oxygen atoms in total. The zero-order chi connectivity index (χ0) is 14.3. The van der Waals surface area contributed by atoms with E-state index in [1.165, 1.54) is 0 Å². The Morgan fingerprint density at radius 3 is 1.56 bits per heavy atom. The number of rotatable bonds is 1. The summed E-state index contributed by atoms with van der Waals surface area (Å²) >= 11 is 2.28. The van der Waals surface area contributed by atoms with Gasteiger partial charge in [0.15, 0.2) is 5.78 Å². The molecule has 1 rings (SSSR count). The van der Waals surface area contributed by atoms with E-state index in [0.717, 1.165) is 6.92 Å². The standard InChI is InChI=1S/C10H5BrF6O/c1-4(18)5-2-6(9(12,13)14)8(11)7(3-5)10(15,16)17/h2-3H,1H3. The zero-order valence-corrected chi connectivity index (χ0v) is 10.3. The first-order chi connectivity index (χ1) is 7.94. The zero-order valence-electron chi connectivity index (χ0n) is 8.71. The first kappa shape index (κ1) is 15.0. The maximum absolute atomic E-state index is 12.6. The molecule has 0 N–H and O–H groups in total. The van der Waals surface area contributed by atoms with E-state index < -0.39 is 39.3 Å². The van der Waals surface area contributed by atoms with Crippen molar-refractivity contribution in [3.63, 3.8) is 0 Å². The maximum Gasteiger partial charge on any atom is 0.417 e. The summed E-state index contributed by atoms with van der Waals surface area (Å²) in [6.45, 7) is 0.892. The Balaban J connectivity index is 3.64. The molecule has 0 saturated heterocycles. The van der Waals surface area contributed by atoms with Gasteiger partial charge in [0.25, 0.3) is 0 Å². The van der Waals surface area contributed by atoms with Gasteiger partial charge in [0, 0.05) is 10.0 Å². The van der Waals surface area contributed by atoms with Gasteiger partial charge in [0.1, 0.15) is 0 Å². The molecule has 0 atom stereocenters. The van der Waals surface area contributed by atoms with Crippen molar-refractivity contribution < 1.29 is 31.1 Å². The van der Waals surface area contributed by atoms with Gasteiger partial charge in [-0.25, -0.2) is 0 Å². The van der Waals surface area contributed by atoms with Crippen LogP contribution in [0.3, 0.4) is 0 Å². The summed E-state index contributed by atoms with van der Waals surface area (Å²) in [6, 6.07) is 0.781. The van der Waals surface area contributed by atoms with Gasteiger partial charge in [-0.2, -0.15) is 26.3 Å². The molecule has 0 saturated carbocycles. The number of halogens is 7.